The van der Waals surface area contributed by atoms with E-state index >= 15 is 0 Å². The van der Waals surface area contributed by atoms with Crippen molar-refractivity contribution in [1.82, 2.24) is 4.98 Å². The van der Waals surface area contributed by atoms with E-state index in [0.717, 1.165) is 4.47 Å². The molecule has 12 heavy (non-hydrogen) atoms. The summed E-state index contributed by atoms with van der Waals surface area (Å²) in [7, 11) is 3.34. The molecule has 1 aromatic heterocycles. The fourth-order valence-corrected chi connectivity index (χ4v) is 1.61. The van der Waals surface area contributed by atoms with Gasteiger partial charge in [-0.1, -0.05) is 11.6 Å². The molecule has 0 aliphatic heterocycles. The van der Waals surface area contributed by atoms with Crippen molar-refractivity contribution < 1.29 is 4.84 Å². The number of anilines is 1. The minimum absolute atomic E-state index is 0.593. The highest BCUT2D eigenvalue weighted by molar-refractivity contribution is 9.10. The van der Waals surface area contributed by atoms with Crippen LogP contribution in [-0.4, -0.2) is 19.1 Å². The lowest BCUT2D eigenvalue weighted by atomic mass is 10.4. The Morgan fingerprint density at radius 3 is 2.83 bits per heavy atom. The van der Waals surface area contributed by atoms with Crippen molar-refractivity contribution in [3.8, 4) is 0 Å². The molecule has 0 atom stereocenters. The third-order valence-corrected chi connectivity index (χ3v) is 2.15. The Balaban J connectivity index is 3.01. The van der Waals surface area contributed by atoms with E-state index in [9.17, 15) is 0 Å². The first-order valence-corrected chi connectivity index (χ1v) is 4.41. The zero-order valence-corrected chi connectivity index (χ0v) is 9.06. The van der Waals surface area contributed by atoms with Gasteiger partial charge in [0, 0.05) is 13.2 Å². The van der Waals surface area contributed by atoms with E-state index in [1.165, 1.54) is 0 Å². The first-order valence-electron chi connectivity index (χ1n) is 3.24. The van der Waals surface area contributed by atoms with Crippen molar-refractivity contribution in [2.75, 3.05) is 19.2 Å². The maximum absolute atomic E-state index is 5.71. The predicted molar refractivity (Wildman–Crippen MR) is 52.4 cm³/mol. The first-order chi connectivity index (χ1) is 5.65. The van der Waals surface area contributed by atoms with Crippen molar-refractivity contribution in [3.63, 3.8) is 0 Å². The van der Waals surface area contributed by atoms with E-state index in [1.807, 2.05) is 0 Å². The molecule has 0 aromatic carbocycles. The van der Waals surface area contributed by atoms with Crippen LogP contribution in [0.25, 0.3) is 0 Å². The average Bonchev–Trinajstić information content (AvgIpc) is 2.03. The summed E-state index contributed by atoms with van der Waals surface area (Å²) in [6.45, 7) is 0. The van der Waals surface area contributed by atoms with Gasteiger partial charge >= 0.3 is 0 Å². The second-order valence-corrected chi connectivity index (χ2v) is 3.43. The number of hydrogen-bond acceptors (Lipinski definition) is 3. The summed E-state index contributed by atoms with van der Waals surface area (Å²) in [5.41, 5.74) is 0. The highest BCUT2D eigenvalue weighted by Gasteiger charge is 2.06. The van der Waals surface area contributed by atoms with Crippen LogP contribution in [0.15, 0.2) is 16.7 Å². The van der Waals surface area contributed by atoms with Crippen molar-refractivity contribution in [3.05, 3.63) is 21.8 Å². The van der Waals surface area contributed by atoms with Crippen LogP contribution in [0.3, 0.4) is 0 Å². The maximum Gasteiger partial charge on any atom is 0.166 e. The van der Waals surface area contributed by atoms with Gasteiger partial charge in [0.2, 0.25) is 0 Å². The molecule has 1 aromatic rings. The maximum atomic E-state index is 5.71. The van der Waals surface area contributed by atoms with Gasteiger partial charge in [-0.05, 0) is 22.0 Å². The fourth-order valence-electron chi connectivity index (χ4n) is 0.726. The third kappa shape index (κ3) is 2.09. The minimum Gasteiger partial charge on any atom is -0.276 e. The summed E-state index contributed by atoms with van der Waals surface area (Å²) >= 11 is 9.03. The van der Waals surface area contributed by atoms with E-state index in [1.54, 1.807) is 31.5 Å². The van der Waals surface area contributed by atoms with Gasteiger partial charge in [-0.15, -0.1) is 0 Å². The standard InChI is InChI=1S/C7H8BrClN2O/c1-11(12-2)7-6(8)3-5(9)4-10-7/h3-4H,1-2H3. The topological polar surface area (TPSA) is 25.4 Å². The number of rotatable bonds is 2. The molecule has 0 saturated heterocycles. The summed E-state index contributed by atoms with van der Waals surface area (Å²) in [6.07, 6.45) is 1.57. The lowest BCUT2D eigenvalue weighted by molar-refractivity contribution is 0.182. The molecule has 0 fully saturated rings. The van der Waals surface area contributed by atoms with E-state index in [2.05, 4.69) is 20.9 Å². The number of nitrogens with zero attached hydrogens (tertiary/aromatic N) is 2. The number of halogens is 2. The molecule has 0 amide bonds. The zero-order chi connectivity index (χ0) is 9.14. The van der Waals surface area contributed by atoms with Gasteiger partial charge < -0.3 is 0 Å². The second-order valence-electron chi connectivity index (χ2n) is 2.14. The van der Waals surface area contributed by atoms with E-state index in [-0.39, 0.29) is 0 Å². The smallest absolute Gasteiger partial charge is 0.166 e. The molecule has 5 heteroatoms. The Morgan fingerprint density at radius 1 is 1.67 bits per heavy atom. The SMILES string of the molecule is CON(C)c1ncc(Cl)cc1Br. The van der Waals surface area contributed by atoms with Crippen LogP contribution in [0.4, 0.5) is 5.82 Å². The Bertz CT molecular complexity index is 282. The van der Waals surface area contributed by atoms with Gasteiger partial charge in [-0.3, -0.25) is 4.84 Å². The van der Waals surface area contributed by atoms with Crippen LogP contribution in [-0.2, 0) is 4.84 Å². The number of hydroxylamine groups is 1. The molecule has 66 valence electrons. The normalized spacial score (nSPS) is 10.0. The predicted octanol–water partition coefficient (Wildman–Crippen LogP) is 2.50. The van der Waals surface area contributed by atoms with Crippen LogP contribution in [0.5, 0.6) is 0 Å². The Labute approximate surface area is 84.4 Å². The number of pyridine rings is 1. The van der Waals surface area contributed by atoms with Gasteiger partial charge in [0.05, 0.1) is 16.6 Å². The van der Waals surface area contributed by atoms with Crippen molar-refractivity contribution in [2.45, 2.75) is 0 Å². The summed E-state index contributed by atoms with van der Waals surface area (Å²) in [5, 5.41) is 2.13. The van der Waals surface area contributed by atoms with Crippen LogP contribution in [0.2, 0.25) is 5.02 Å². The summed E-state index contributed by atoms with van der Waals surface area (Å²) in [6, 6.07) is 1.76. The van der Waals surface area contributed by atoms with Gasteiger partial charge in [-0.2, -0.15) is 0 Å². The molecule has 0 radical (unpaired) electrons. The molecule has 1 heterocycles. The van der Waals surface area contributed by atoms with Gasteiger partial charge in [0.1, 0.15) is 0 Å². The monoisotopic (exact) mass is 250 g/mol. The molecular weight excluding hydrogens is 243 g/mol. The van der Waals surface area contributed by atoms with Crippen LogP contribution in [0, 0.1) is 0 Å². The quantitative estimate of drug-likeness (QED) is 0.755. The first kappa shape index (κ1) is 9.77. The van der Waals surface area contributed by atoms with Crippen molar-refractivity contribution in [1.29, 1.82) is 0 Å². The second kappa shape index (κ2) is 4.07. The lowest BCUT2D eigenvalue weighted by Crippen LogP contribution is -2.16. The van der Waals surface area contributed by atoms with E-state index in [4.69, 9.17) is 16.4 Å². The highest BCUT2D eigenvalue weighted by atomic mass is 79.9. The molecular formula is C7H8BrClN2O. The third-order valence-electron chi connectivity index (χ3n) is 1.36. The van der Waals surface area contributed by atoms with Gasteiger partial charge in [0.25, 0.3) is 0 Å². The Morgan fingerprint density at radius 2 is 2.33 bits per heavy atom. The zero-order valence-electron chi connectivity index (χ0n) is 6.71. The molecule has 0 saturated carbocycles. The molecule has 3 nitrogen and oxygen atoms in total. The highest BCUT2D eigenvalue weighted by Crippen LogP contribution is 2.25. The summed E-state index contributed by atoms with van der Waals surface area (Å²) < 4.78 is 0.805. The molecule has 0 aliphatic carbocycles. The molecule has 0 spiro atoms. The molecule has 0 unspecified atom stereocenters. The Kier molecular flexibility index (Phi) is 3.31. The van der Waals surface area contributed by atoms with Crippen molar-refractivity contribution in [2.24, 2.45) is 0 Å². The summed E-state index contributed by atoms with van der Waals surface area (Å²) in [4.78, 5) is 9.03. The fraction of sp³-hybridized carbons (Fsp3) is 0.286. The van der Waals surface area contributed by atoms with Crippen LogP contribution < -0.4 is 5.06 Å². The van der Waals surface area contributed by atoms with Crippen molar-refractivity contribution >= 4 is 33.3 Å². The molecule has 0 aliphatic rings. The summed E-state index contributed by atoms with van der Waals surface area (Å²) in [5.74, 6) is 0.696. The molecule has 0 N–H and O–H groups in total. The van der Waals surface area contributed by atoms with Crippen LogP contribution in [0.1, 0.15) is 0 Å². The van der Waals surface area contributed by atoms with E-state index in [0.29, 0.717) is 10.8 Å². The lowest BCUT2D eigenvalue weighted by Gasteiger charge is -2.15. The van der Waals surface area contributed by atoms with Crippen LogP contribution >= 0.6 is 27.5 Å². The molecule has 1 rings (SSSR count). The largest absolute Gasteiger partial charge is 0.276 e. The van der Waals surface area contributed by atoms with E-state index < -0.39 is 0 Å². The minimum atomic E-state index is 0.593. The number of aromatic nitrogens is 1. The van der Waals surface area contributed by atoms with Gasteiger partial charge in [0.15, 0.2) is 5.82 Å². The average molecular weight is 252 g/mol. The Hall–Kier alpha value is -0.320. The molecule has 0 bridgehead atoms. The number of hydrogen-bond donors (Lipinski definition) is 0. The van der Waals surface area contributed by atoms with Gasteiger partial charge in [-0.25, -0.2) is 10.0 Å².